The predicted octanol–water partition coefficient (Wildman–Crippen LogP) is 0.934. The molecule has 0 radical (unpaired) electrons. The summed E-state index contributed by atoms with van der Waals surface area (Å²) < 4.78 is 0. The molecule has 3 unspecified atom stereocenters. The molecule has 0 spiro atoms. The van der Waals surface area contributed by atoms with E-state index >= 15 is 0 Å². The number of hydrogen-bond donors (Lipinski definition) is 1. The second kappa shape index (κ2) is 3.00. The summed E-state index contributed by atoms with van der Waals surface area (Å²) in [5.41, 5.74) is 0. The Morgan fingerprint density at radius 2 is 1.92 bits per heavy atom. The topological polar surface area (TPSA) is 15.3 Å². The number of hydrogen-bond acceptors (Lipinski definition) is 2. The first kappa shape index (κ1) is 8.52. The summed E-state index contributed by atoms with van der Waals surface area (Å²) in [7, 11) is 2.19. The van der Waals surface area contributed by atoms with Gasteiger partial charge >= 0.3 is 0 Å². The molecule has 1 saturated carbocycles. The molecule has 1 aliphatic carbocycles. The number of nitrogens with zero attached hydrogens (tertiary/aromatic N) is 1. The van der Waals surface area contributed by atoms with Crippen LogP contribution < -0.4 is 5.32 Å². The first-order valence-corrected chi connectivity index (χ1v) is 5.11. The van der Waals surface area contributed by atoms with Crippen molar-refractivity contribution in [2.24, 2.45) is 11.8 Å². The Morgan fingerprint density at radius 3 is 2.33 bits per heavy atom. The van der Waals surface area contributed by atoms with Gasteiger partial charge in [-0.25, -0.2) is 0 Å². The van der Waals surface area contributed by atoms with Gasteiger partial charge in [0, 0.05) is 25.2 Å². The van der Waals surface area contributed by atoms with Crippen LogP contribution >= 0.6 is 0 Å². The average molecular weight is 168 g/mol. The number of rotatable bonds is 2. The van der Waals surface area contributed by atoms with Crippen molar-refractivity contribution in [1.82, 2.24) is 10.2 Å². The van der Waals surface area contributed by atoms with Crippen molar-refractivity contribution in [3.63, 3.8) is 0 Å². The van der Waals surface area contributed by atoms with Crippen LogP contribution in [-0.2, 0) is 0 Å². The van der Waals surface area contributed by atoms with Gasteiger partial charge in [-0.15, -0.1) is 0 Å². The van der Waals surface area contributed by atoms with Crippen molar-refractivity contribution >= 4 is 0 Å². The van der Waals surface area contributed by atoms with Crippen molar-refractivity contribution in [2.45, 2.75) is 32.4 Å². The number of likely N-dealkylation sites (N-methyl/N-ethyl adjacent to an activating group) is 1. The molecule has 1 aliphatic heterocycles. The van der Waals surface area contributed by atoms with E-state index in [9.17, 15) is 0 Å². The van der Waals surface area contributed by atoms with Gasteiger partial charge in [0.1, 0.15) is 0 Å². The van der Waals surface area contributed by atoms with Crippen LogP contribution in [0.4, 0.5) is 0 Å². The first-order valence-electron chi connectivity index (χ1n) is 5.11. The van der Waals surface area contributed by atoms with E-state index in [1.54, 1.807) is 0 Å². The van der Waals surface area contributed by atoms with E-state index in [0.29, 0.717) is 0 Å². The average Bonchev–Trinajstić information content (AvgIpc) is 2.00. The molecule has 2 fully saturated rings. The minimum Gasteiger partial charge on any atom is -0.308 e. The van der Waals surface area contributed by atoms with E-state index < -0.39 is 0 Å². The fourth-order valence-corrected chi connectivity index (χ4v) is 2.36. The van der Waals surface area contributed by atoms with Gasteiger partial charge in [-0.3, -0.25) is 0 Å². The maximum absolute atomic E-state index is 3.72. The maximum Gasteiger partial charge on any atom is 0.0324 e. The van der Waals surface area contributed by atoms with Gasteiger partial charge in [-0.05, 0) is 25.3 Å². The highest BCUT2D eigenvalue weighted by Gasteiger charge is 2.37. The van der Waals surface area contributed by atoms with E-state index in [1.807, 2.05) is 0 Å². The molecule has 2 heteroatoms. The van der Waals surface area contributed by atoms with Crippen LogP contribution in [0, 0.1) is 11.8 Å². The fourth-order valence-electron chi connectivity index (χ4n) is 2.36. The number of likely N-dealkylation sites (tertiary alicyclic amines) is 1. The molecular weight excluding hydrogens is 148 g/mol. The normalized spacial score (nSPS) is 43.8. The van der Waals surface area contributed by atoms with Crippen LogP contribution in [0.1, 0.15) is 20.3 Å². The molecule has 0 bridgehead atoms. The van der Waals surface area contributed by atoms with E-state index in [1.165, 1.54) is 19.5 Å². The SMILES string of the molecule is CC1CC(NC2CN(C)C2)C1C. The van der Waals surface area contributed by atoms with Crippen LogP contribution in [0.25, 0.3) is 0 Å². The highest BCUT2D eigenvalue weighted by Crippen LogP contribution is 2.34. The zero-order chi connectivity index (χ0) is 8.72. The molecule has 2 nitrogen and oxygen atoms in total. The Balaban J connectivity index is 1.68. The molecule has 2 rings (SSSR count). The van der Waals surface area contributed by atoms with Crippen molar-refractivity contribution in [1.29, 1.82) is 0 Å². The van der Waals surface area contributed by atoms with E-state index in [-0.39, 0.29) is 0 Å². The van der Waals surface area contributed by atoms with Crippen molar-refractivity contribution in [3.05, 3.63) is 0 Å². The predicted molar refractivity (Wildman–Crippen MR) is 51.2 cm³/mol. The second-order valence-electron chi connectivity index (χ2n) is 4.76. The standard InChI is InChI=1S/C10H20N2/c1-7-4-10(8(7)2)11-9-5-12(3)6-9/h7-11H,4-6H2,1-3H3. The van der Waals surface area contributed by atoms with Gasteiger partial charge in [0.2, 0.25) is 0 Å². The summed E-state index contributed by atoms with van der Waals surface area (Å²) in [6.07, 6.45) is 1.39. The second-order valence-corrected chi connectivity index (χ2v) is 4.76. The largest absolute Gasteiger partial charge is 0.308 e. The van der Waals surface area contributed by atoms with Gasteiger partial charge in [0.15, 0.2) is 0 Å². The lowest BCUT2D eigenvalue weighted by molar-refractivity contribution is 0.0782. The van der Waals surface area contributed by atoms with Gasteiger partial charge in [-0.2, -0.15) is 0 Å². The smallest absolute Gasteiger partial charge is 0.0324 e. The molecular formula is C10H20N2. The summed E-state index contributed by atoms with van der Waals surface area (Å²) in [6, 6.07) is 1.61. The fraction of sp³-hybridized carbons (Fsp3) is 1.00. The van der Waals surface area contributed by atoms with Gasteiger partial charge in [0.25, 0.3) is 0 Å². The third kappa shape index (κ3) is 1.38. The molecule has 12 heavy (non-hydrogen) atoms. The molecule has 0 aromatic carbocycles. The van der Waals surface area contributed by atoms with Crippen molar-refractivity contribution < 1.29 is 0 Å². The lowest BCUT2D eigenvalue weighted by Crippen LogP contribution is -2.62. The third-order valence-electron chi connectivity index (χ3n) is 3.67. The quantitative estimate of drug-likeness (QED) is 0.660. The number of nitrogens with one attached hydrogen (secondary N) is 1. The van der Waals surface area contributed by atoms with E-state index in [0.717, 1.165) is 23.9 Å². The van der Waals surface area contributed by atoms with Crippen molar-refractivity contribution in [2.75, 3.05) is 20.1 Å². The van der Waals surface area contributed by atoms with E-state index in [2.05, 4.69) is 31.1 Å². The van der Waals surface area contributed by atoms with Crippen LogP contribution in [0.3, 0.4) is 0 Å². The summed E-state index contributed by atoms with van der Waals surface area (Å²) in [5.74, 6) is 1.84. The Kier molecular flexibility index (Phi) is 2.13. The molecule has 1 saturated heterocycles. The van der Waals surface area contributed by atoms with Crippen LogP contribution in [0.2, 0.25) is 0 Å². The Bertz CT molecular complexity index is 163. The van der Waals surface area contributed by atoms with Crippen LogP contribution in [0.15, 0.2) is 0 Å². The maximum atomic E-state index is 3.72. The van der Waals surface area contributed by atoms with Gasteiger partial charge in [-0.1, -0.05) is 13.8 Å². The van der Waals surface area contributed by atoms with E-state index in [4.69, 9.17) is 0 Å². The Morgan fingerprint density at radius 1 is 1.25 bits per heavy atom. The molecule has 1 N–H and O–H groups in total. The molecule has 0 amide bonds. The van der Waals surface area contributed by atoms with Crippen LogP contribution in [-0.4, -0.2) is 37.1 Å². The monoisotopic (exact) mass is 168 g/mol. The zero-order valence-corrected chi connectivity index (χ0v) is 8.38. The summed E-state index contributed by atoms with van der Waals surface area (Å²) in [4.78, 5) is 2.37. The lowest BCUT2D eigenvalue weighted by atomic mass is 9.71. The summed E-state index contributed by atoms with van der Waals surface area (Å²) >= 11 is 0. The van der Waals surface area contributed by atoms with Gasteiger partial charge in [0.05, 0.1) is 0 Å². The summed E-state index contributed by atoms with van der Waals surface area (Å²) in [6.45, 7) is 7.22. The molecule has 0 aromatic rings. The Hall–Kier alpha value is -0.0800. The van der Waals surface area contributed by atoms with Crippen LogP contribution in [0.5, 0.6) is 0 Å². The summed E-state index contributed by atoms with van der Waals surface area (Å²) in [5, 5.41) is 3.72. The highest BCUT2D eigenvalue weighted by molar-refractivity contribution is 4.94. The molecule has 70 valence electrons. The molecule has 1 heterocycles. The first-order chi connectivity index (χ1) is 5.66. The molecule has 2 aliphatic rings. The minimum atomic E-state index is 0.787. The third-order valence-corrected chi connectivity index (χ3v) is 3.67. The lowest BCUT2D eigenvalue weighted by Gasteiger charge is -2.47. The molecule has 3 atom stereocenters. The van der Waals surface area contributed by atoms with Crippen molar-refractivity contribution in [3.8, 4) is 0 Å². The zero-order valence-electron chi connectivity index (χ0n) is 8.38. The van der Waals surface area contributed by atoms with Gasteiger partial charge < -0.3 is 10.2 Å². The molecule has 0 aromatic heterocycles. The minimum absolute atomic E-state index is 0.787. The highest BCUT2D eigenvalue weighted by atomic mass is 15.2. The Labute approximate surface area is 75.3 Å².